The minimum Gasteiger partial charge on any atom is -0.423 e. The van der Waals surface area contributed by atoms with Crippen molar-refractivity contribution in [2.75, 3.05) is 31.1 Å². The first-order chi connectivity index (χ1) is 12.8. The van der Waals surface area contributed by atoms with Crippen LogP contribution in [0.2, 0.25) is 0 Å². The van der Waals surface area contributed by atoms with Gasteiger partial charge in [-0.1, -0.05) is 12.1 Å². The molecule has 2 heterocycles. The van der Waals surface area contributed by atoms with E-state index >= 15 is 0 Å². The summed E-state index contributed by atoms with van der Waals surface area (Å²) in [6.45, 7) is -0.763. The average Bonchev–Trinajstić information content (AvgIpc) is 3.08. The van der Waals surface area contributed by atoms with Crippen LogP contribution in [-0.2, 0) is 9.59 Å². The van der Waals surface area contributed by atoms with Gasteiger partial charge < -0.3 is 20.0 Å². The van der Waals surface area contributed by atoms with Crippen molar-refractivity contribution in [3.05, 3.63) is 24.3 Å². The second kappa shape index (κ2) is 7.85. The van der Waals surface area contributed by atoms with Gasteiger partial charge in [0.15, 0.2) is 5.58 Å². The second-order valence-corrected chi connectivity index (χ2v) is 6.34. The van der Waals surface area contributed by atoms with Crippen molar-refractivity contribution in [2.24, 2.45) is 5.92 Å². The minimum absolute atomic E-state index is 0.305. The summed E-state index contributed by atoms with van der Waals surface area (Å²) < 4.78 is 41.8. The number of carbonyl (C=O) groups is 2. The Labute approximate surface area is 152 Å². The minimum atomic E-state index is -4.48. The monoisotopic (exact) mass is 384 g/mol. The zero-order valence-electron chi connectivity index (χ0n) is 14.4. The fraction of sp³-hybridized carbons (Fsp3) is 0.471. The maximum absolute atomic E-state index is 12.1. The number of fused-ring (bicyclic) bond motifs is 1. The lowest BCUT2D eigenvalue weighted by Crippen LogP contribution is -2.45. The Balaban J connectivity index is 1.44. The predicted octanol–water partition coefficient (Wildman–Crippen LogP) is 1.84. The van der Waals surface area contributed by atoms with Gasteiger partial charge in [0, 0.05) is 19.0 Å². The van der Waals surface area contributed by atoms with Gasteiger partial charge in [0.1, 0.15) is 12.1 Å². The van der Waals surface area contributed by atoms with E-state index in [4.69, 9.17) is 4.42 Å². The van der Waals surface area contributed by atoms with Crippen molar-refractivity contribution in [3.63, 3.8) is 0 Å². The lowest BCUT2D eigenvalue weighted by atomic mass is 9.96. The smallest absolute Gasteiger partial charge is 0.405 e. The summed E-state index contributed by atoms with van der Waals surface area (Å²) in [5, 5.41) is 4.10. The number of nitrogens with zero attached hydrogens (tertiary/aromatic N) is 2. The van der Waals surface area contributed by atoms with Crippen LogP contribution < -0.4 is 15.5 Å². The molecule has 2 amide bonds. The zero-order chi connectivity index (χ0) is 19.4. The van der Waals surface area contributed by atoms with E-state index in [0.29, 0.717) is 37.5 Å². The van der Waals surface area contributed by atoms with E-state index in [-0.39, 0.29) is 11.8 Å². The third-order valence-corrected chi connectivity index (χ3v) is 4.33. The molecular formula is C17H19F3N4O3. The molecule has 1 fully saturated rings. The number of hydrogen-bond donors (Lipinski definition) is 2. The van der Waals surface area contributed by atoms with Gasteiger partial charge in [-0.25, -0.2) is 0 Å². The quantitative estimate of drug-likeness (QED) is 0.822. The van der Waals surface area contributed by atoms with E-state index in [9.17, 15) is 22.8 Å². The molecule has 0 radical (unpaired) electrons. The molecule has 10 heteroatoms. The maximum Gasteiger partial charge on any atom is 0.405 e. The topological polar surface area (TPSA) is 87.5 Å². The number of halogens is 3. The summed E-state index contributed by atoms with van der Waals surface area (Å²) in [6, 6.07) is 7.92. The molecule has 3 rings (SSSR count). The number of nitrogens with one attached hydrogen (secondary N) is 2. The molecule has 0 unspecified atom stereocenters. The number of oxazole rings is 1. The number of carbonyl (C=O) groups excluding carboxylic acids is 2. The highest BCUT2D eigenvalue weighted by Crippen LogP contribution is 2.26. The van der Waals surface area contributed by atoms with E-state index < -0.39 is 25.2 Å². The van der Waals surface area contributed by atoms with Gasteiger partial charge in [-0.05, 0) is 25.0 Å². The number of amides is 2. The maximum atomic E-state index is 12.1. The van der Waals surface area contributed by atoms with Crippen molar-refractivity contribution in [3.8, 4) is 0 Å². The van der Waals surface area contributed by atoms with Crippen molar-refractivity contribution in [1.82, 2.24) is 15.6 Å². The third kappa shape index (κ3) is 5.11. The Bertz CT molecular complexity index is 780. The second-order valence-electron chi connectivity index (χ2n) is 6.34. The highest BCUT2D eigenvalue weighted by Gasteiger charge is 2.29. The molecule has 2 N–H and O–H groups in total. The lowest BCUT2D eigenvalue weighted by molar-refractivity contribution is -0.138. The van der Waals surface area contributed by atoms with Crippen LogP contribution in [0.1, 0.15) is 12.8 Å². The number of benzene rings is 1. The van der Waals surface area contributed by atoms with Crippen LogP contribution in [0.3, 0.4) is 0 Å². The van der Waals surface area contributed by atoms with Gasteiger partial charge in [-0.2, -0.15) is 18.2 Å². The largest absolute Gasteiger partial charge is 0.423 e. The molecular weight excluding hydrogens is 365 g/mol. The summed E-state index contributed by atoms with van der Waals surface area (Å²) in [5.74, 6) is -1.51. The molecule has 1 saturated heterocycles. The van der Waals surface area contributed by atoms with E-state index in [1.54, 1.807) is 5.32 Å². The summed E-state index contributed by atoms with van der Waals surface area (Å²) in [5.41, 5.74) is 1.45. The van der Waals surface area contributed by atoms with Crippen molar-refractivity contribution in [2.45, 2.75) is 19.0 Å². The van der Waals surface area contributed by atoms with Gasteiger partial charge in [0.05, 0.1) is 6.54 Å². The normalized spacial score (nSPS) is 15.7. The molecule has 1 aliphatic heterocycles. The van der Waals surface area contributed by atoms with Crippen LogP contribution in [0.25, 0.3) is 11.1 Å². The number of hydrogen-bond acceptors (Lipinski definition) is 5. The molecule has 146 valence electrons. The Morgan fingerprint density at radius 2 is 1.89 bits per heavy atom. The van der Waals surface area contributed by atoms with Crippen molar-refractivity contribution >= 4 is 28.9 Å². The predicted molar refractivity (Wildman–Crippen MR) is 91.0 cm³/mol. The van der Waals surface area contributed by atoms with E-state index in [0.717, 1.165) is 5.52 Å². The summed E-state index contributed by atoms with van der Waals surface area (Å²) in [6.07, 6.45) is -3.40. The summed E-state index contributed by atoms with van der Waals surface area (Å²) >= 11 is 0. The first-order valence-electron chi connectivity index (χ1n) is 8.53. The molecule has 0 atom stereocenters. The fourth-order valence-corrected chi connectivity index (χ4v) is 2.90. The SMILES string of the molecule is O=C(CNC(=O)C1CCN(c2nc3ccccc3o2)CC1)NCC(F)(F)F. The molecule has 0 bridgehead atoms. The van der Waals surface area contributed by atoms with Crippen LogP contribution in [0.15, 0.2) is 28.7 Å². The standard InChI is InChI=1S/C17H19F3N4O3/c18-17(19,20)10-22-14(25)9-21-15(26)11-5-7-24(8-6-11)16-23-12-3-1-2-4-13(12)27-16/h1-4,11H,5-10H2,(H,21,26)(H,22,25). The number of alkyl halides is 3. The molecule has 1 aromatic heterocycles. The Hall–Kier alpha value is -2.78. The third-order valence-electron chi connectivity index (χ3n) is 4.33. The van der Waals surface area contributed by atoms with Gasteiger partial charge in [0.2, 0.25) is 11.8 Å². The Morgan fingerprint density at radius 3 is 2.56 bits per heavy atom. The molecule has 1 aliphatic rings. The number of anilines is 1. The van der Waals surface area contributed by atoms with E-state index in [1.807, 2.05) is 29.2 Å². The van der Waals surface area contributed by atoms with Crippen LogP contribution in [0, 0.1) is 5.92 Å². The van der Waals surface area contributed by atoms with E-state index in [2.05, 4.69) is 10.3 Å². The number of aromatic nitrogens is 1. The fourth-order valence-electron chi connectivity index (χ4n) is 2.90. The first-order valence-corrected chi connectivity index (χ1v) is 8.53. The van der Waals surface area contributed by atoms with Gasteiger partial charge in [-0.15, -0.1) is 0 Å². The van der Waals surface area contributed by atoms with Crippen LogP contribution in [0.5, 0.6) is 0 Å². The van der Waals surface area contributed by atoms with Crippen LogP contribution >= 0.6 is 0 Å². The van der Waals surface area contributed by atoms with Gasteiger partial charge in [0.25, 0.3) is 6.01 Å². The Morgan fingerprint density at radius 1 is 1.19 bits per heavy atom. The van der Waals surface area contributed by atoms with Crippen molar-refractivity contribution < 1.29 is 27.2 Å². The van der Waals surface area contributed by atoms with Gasteiger partial charge >= 0.3 is 6.18 Å². The summed E-state index contributed by atoms with van der Waals surface area (Å²) in [4.78, 5) is 29.8. The number of piperidine rings is 1. The Kier molecular flexibility index (Phi) is 5.52. The average molecular weight is 384 g/mol. The highest BCUT2D eigenvalue weighted by atomic mass is 19.4. The lowest BCUT2D eigenvalue weighted by Gasteiger charge is -2.30. The summed E-state index contributed by atoms with van der Waals surface area (Å²) in [7, 11) is 0. The van der Waals surface area contributed by atoms with Crippen LogP contribution in [-0.4, -0.2) is 49.2 Å². The first kappa shape index (κ1) is 19.0. The number of rotatable bonds is 5. The molecule has 1 aromatic carbocycles. The molecule has 27 heavy (non-hydrogen) atoms. The van der Waals surface area contributed by atoms with Gasteiger partial charge in [-0.3, -0.25) is 9.59 Å². The zero-order valence-corrected chi connectivity index (χ0v) is 14.4. The molecule has 0 aliphatic carbocycles. The molecule has 2 aromatic rings. The molecule has 7 nitrogen and oxygen atoms in total. The highest BCUT2D eigenvalue weighted by molar-refractivity contribution is 5.86. The van der Waals surface area contributed by atoms with Crippen molar-refractivity contribution in [1.29, 1.82) is 0 Å². The van der Waals surface area contributed by atoms with E-state index in [1.165, 1.54) is 0 Å². The molecule has 0 spiro atoms. The molecule has 0 saturated carbocycles. The van der Waals surface area contributed by atoms with Crippen LogP contribution in [0.4, 0.5) is 19.2 Å². The number of para-hydroxylation sites is 2.